The Morgan fingerprint density at radius 2 is 0.868 bits per heavy atom. The molecule has 2 aromatic rings. The van der Waals surface area contributed by atoms with Crippen LogP contribution in [0, 0.1) is 11.8 Å². The van der Waals surface area contributed by atoms with Crippen LogP contribution in [0.3, 0.4) is 0 Å². The van der Waals surface area contributed by atoms with Crippen molar-refractivity contribution in [2.75, 3.05) is 0 Å². The summed E-state index contributed by atoms with van der Waals surface area (Å²) >= 11 is 0. The molecular formula is C52H84N6O10. The summed E-state index contributed by atoms with van der Waals surface area (Å²) in [6.45, 7) is 20.4. The standard InChI is InChI=1S/C52H84N6O10/c1-13-15-19-29-39(55-45(61)41(33(3)4)57(49(65)67-51(7,8)9)47(63)37(53)31-35-25-21-17-22-26-35)43(59)44(60)40(30-20-16-14-2)56-46(62)42(34(5)6)58(50(66)68-52(10,11)12)48(64)38(54)32-36-27-23-18-24-28-36/h17-18,21-28,33-34,37-44,59-60H,13-16,19-20,29-32,53-54H2,1-12H3,(H,55,61)(H,56,62)/t37-,38-,39-,40-,41-,42-,43+,44+/m0/s1. The summed E-state index contributed by atoms with van der Waals surface area (Å²) in [5, 5.41) is 30.0. The van der Waals surface area contributed by atoms with E-state index < -0.39 is 107 Å². The van der Waals surface area contributed by atoms with E-state index >= 15 is 0 Å². The van der Waals surface area contributed by atoms with Crippen molar-refractivity contribution in [2.45, 2.75) is 207 Å². The molecule has 0 aliphatic rings. The highest BCUT2D eigenvalue weighted by Crippen LogP contribution is 2.24. The van der Waals surface area contributed by atoms with Crippen molar-refractivity contribution in [3.63, 3.8) is 0 Å². The first kappa shape index (κ1) is 59.2. The van der Waals surface area contributed by atoms with Gasteiger partial charge in [0.1, 0.15) is 35.5 Å². The highest BCUT2D eigenvalue weighted by Gasteiger charge is 2.45. The lowest BCUT2D eigenvalue weighted by Gasteiger charge is -2.38. The van der Waals surface area contributed by atoms with Crippen LogP contribution in [0.4, 0.5) is 9.59 Å². The Bertz CT molecular complexity index is 1750. The molecule has 0 saturated carbocycles. The molecule has 8 N–H and O–H groups in total. The van der Waals surface area contributed by atoms with Gasteiger partial charge in [0.2, 0.25) is 23.6 Å². The highest BCUT2D eigenvalue weighted by molar-refractivity contribution is 6.01. The zero-order chi connectivity index (χ0) is 51.5. The molecule has 16 nitrogen and oxygen atoms in total. The summed E-state index contributed by atoms with van der Waals surface area (Å²) in [7, 11) is 0. The molecule has 0 aromatic heterocycles. The maximum absolute atomic E-state index is 14.6. The van der Waals surface area contributed by atoms with Gasteiger partial charge in [-0.25, -0.2) is 19.4 Å². The zero-order valence-corrected chi connectivity index (χ0v) is 42.8. The van der Waals surface area contributed by atoms with Crippen LogP contribution in [0.5, 0.6) is 0 Å². The van der Waals surface area contributed by atoms with Crippen LogP contribution in [-0.4, -0.2) is 115 Å². The van der Waals surface area contributed by atoms with E-state index in [1.807, 2.05) is 26.0 Å². The monoisotopic (exact) mass is 953 g/mol. The molecule has 0 radical (unpaired) electrons. The third-order valence-electron chi connectivity index (χ3n) is 11.3. The zero-order valence-electron chi connectivity index (χ0n) is 42.8. The van der Waals surface area contributed by atoms with E-state index in [0.29, 0.717) is 25.7 Å². The number of nitrogens with one attached hydrogen (secondary N) is 2. The third kappa shape index (κ3) is 19.2. The predicted molar refractivity (Wildman–Crippen MR) is 264 cm³/mol. The van der Waals surface area contributed by atoms with Crippen molar-refractivity contribution in [1.82, 2.24) is 20.4 Å². The molecule has 8 atom stereocenters. The van der Waals surface area contributed by atoms with Gasteiger partial charge in [-0.2, -0.15) is 0 Å². The number of aliphatic hydroxyl groups excluding tert-OH is 2. The maximum Gasteiger partial charge on any atom is 0.417 e. The van der Waals surface area contributed by atoms with E-state index in [1.54, 1.807) is 118 Å². The molecule has 0 aliphatic carbocycles. The molecule has 0 saturated heterocycles. The lowest BCUT2D eigenvalue weighted by Crippen LogP contribution is -2.64. The minimum absolute atomic E-state index is 0.0724. The van der Waals surface area contributed by atoms with Crippen LogP contribution in [-0.2, 0) is 41.5 Å². The molecule has 0 aliphatic heterocycles. The number of benzene rings is 2. The maximum atomic E-state index is 14.6. The van der Waals surface area contributed by atoms with E-state index in [-0.39, 0.29) is 25.7 Å². The largest absolute Gasteiger partial charge is 0.443 e. The first-order valence-electron chi connectivity index (χ1n) is 24.4. The molecule has 16 heteroatoms. The van der Waals surface area contributed by atoms with Gasteiger partial charge in [-0.1, -0.05) is 141 Å². The number of aliphatic hydroxyl groups is 2. The van der Waals surface area contributed by atoms with Crippen molar-refractivity contribution in [1.29, 1.82) is 0 Å². The summed E-state index contributed by atoms with van der Waals surface area (Å²) in [5.74, 6) is -4.58. The number of carbonyl (C=O) groups is 6. The number of nitrogens with zero attached hydrogens (tertiary/aromatic N) is 2. The Balaban J connectivity index is 2.62. The van der Waals surface area contributed by atoms with Gasteiger partial charge >= 0.3 is 12.2 Å². The molecule has 2 aromatic carbocycles. The fraction of sp³-hybridized carbons (Fsp3) is 0.654. The molecule has 0 bridgehead atoms. The number of nitrogens with two attached hydrogens (primary N) is 2. The number of unbranched alkanes of at least 4 members (excludes halogenated alkanes) is 4. The average Bonchev–Trinajstić information content (AvgIpc) is 3.24. The molecule has 382 valence electrons. The number of hydrogen-bond donors (Lipinski definition) is 6. The third-order valence-corrected chi connectivity index (χ3v) is 11.3. The Labute approximate surface area is 405 Å². The number of rotatable bonds is 25. The number of imide groups is 2. The van der Waals surface area contributed by atoms with Crippen molar-refractivity contribution in [3.05, 3.63) is 71.8 Å². The van der Waals surface area contributed by atoms with E-state index in [0.717, 1.165) is 33.8 Å². The number of carbonyl (C=O) groups excluding carboxylic acids is 6. The molecule has 0 unspecified atom stereocenters. The van der Waals surface area contributed by atoms with Crippen LogP contribution in [0.2, 0.25) is 0 Å². The van der Waals surface area contributed by atoms with Crippen LogP contribution in [0.1, 0.15) is 146 Å². The Hall–Kier alpha value is -4.90. The molecule has 0 fully saturated rings. The number of amides is 6. The smallest absolute Gasteiger partial charge is 0.417 e. The van der Waals surface area contributed by atoms with Crippen molar-refractivity contribution < 1.29 is 48.5 Å². The predicted octanol–water partition coefficient (Wildman–Crippen LogP) is 6.56. The topological polar surface area (TPSA) is 244 Å². The molecular weight excluding hydrogens is 869 g/mol. The SMILES string of the molecule is CCCCC[C@H](NC(=O)[C@H](C(C)C)N(C(=O)OC(C)(C)C)C(=O)[C@@H](N)Cc1ccccc1)[C@@H](O)[C@H](O)[C@H](CCCCC)NC(=O)[C@H](C(C)C)N(C(=O)OC(C)(C)C)C(=O)[C@@H](N)Cc1ccccc1. The molecule has 2 rings (SSSR count). The van der Waals surface area contributed by atoms with Gasteiger partial charge in [0.15, 0.2) is 0 Å². The van der Waals surface area contributed by atoms with Gasteiger partial charge in [-0.3, -0.25) is 19.2 Å². The van der Waals surface area contributed by atoms with Gasteiger partial charge < -0.3 is 41.8 Å². The summed E-state index contributed by atoms with van der Waals surface area (Å²) in [6.07, 6.45) is -0.954. The normalized spacial score (nSPS) is 15.5. The molecule has 0 heterocycles. The minimum atomic E-state index is -1.69. The van der Waals surface area contributed by atoms with Gasteiger partial charge in [-0.15, -0.1) is 0 Å². The molecule has 6 amide bonds. The highest BCUT2D eigenvalue weighted by atomic mass is 16.6. The van der Waals surface area contributed by atoms with Crippen molar-refractivity contribution >= 4 is 35.8 Å². The second-order valence-corrected chi connectivity index (χ2v) is 20.6. The number of hydrogen-bond acceptors (Lipinski definition) is 12. The van der Waals surface area contributed by atoms with E-state index in [4.69, 9.17) is 20.9 Å². The van der Waals surface area contributed by atoms with Crippen LogP contribution >= 0.6 is 0 Å². The van der Waals surface area contributed by atoms with Gasteiger partial charge in [-0.05, 0) is 90.2 Å². The second kappa shape index (κ2) is 27.9. The van der Waals surface area contributed by atoms with Crippen LogP contribution in [0.15, 0.2) is 60.7 Å². The minimum Gasteiger partial charge on any atom is -0.443 e. The Morgan fingerprint density at radius 1 is 0.559 bits per heavy atom. The Morgan fingerprint density at radius 3 is 1.13 bits per heavy atom. The lowest BCUT2D eigenvalue weighted by molar-refractivity contribution is -0.144. The van der Waals surface area contributed by atoms with Gasteiger partial charge in [0.25, 0.3) is 0 Å². The van der Waals surface area contributed by atoms with E-state index in [9.17, 15) is 39.0 Å². The van der Waals surface area contributed by atoms with Gasteiger partial charge in [0.05, 0.1) is 24.2 Å². The molecule has 68 heavy (non-hydrogen) atoms. The summed E-state index contributed by atoms with van der Waals surface area (Å²) in [5.41, 5.74) is 12.3. The first-order chi connectivity index (χ1) is 31.7. The van der Waals surface area contributed by atoms with Crippen LogP contribution in [0.25, 0.3) is 0 Å². The Kier molecular flexibility index (Phi) is 24.3. The first-order valence-corrected chi connectivity index (χ1v) is 24.4. The second-order valence-electron chi connectivity index (χ2n) is 20.6. The average molecular weight is 953 g/mol. The summed E-state index contributed by atoms with van der Waals surface area (Å²) < 4.78 is 11.3. The fourth-order valence-corrected chi connectivity index (χ4v) is 7.91. The van der Waals surface area contributed by atoms with Crippen molar-refractivity contribution in [3.8, 4) is 0 Å². The van der Waals surface area contributed by atoms with Crippen molar-refractivity contribution in [2.24, 2.45) is 23.3 Å². The molecule has 0 spiro atoms. The lowest BCUT2D eigenvalue weighted by atomic mass is 9.91. The summed E-state index contributed by atoms with van der Waals surface area (Å²) in [6, 6.07) is 10.4. The summed E-state index contributed by atoms with van der Waals surface area (Å²) in [4.78, 5) is 87.1. The quantitative estimate of drug-likeness (QED) is 0.0580. The van der Waals surface area contributed by atoms with Gasteiger partial charge in [0, 0.05) is 0 Å². The fourth-order valence-electron chi connectivity index (χ4n) is 7.91. The van der Waals surface area contributed by atoms with E-state index in [1.165, 1.54) is 0 Å². The van der Waals surface area contributed by atoms with Crippen LogP contribution < -0.4 is 22.1 Å². The number of ether oxygens (including phenoxy) is 2. The van der Waals surface area contributed by atoms with E-state index in [2.05, 4.69) is 10.6 Å².